The Morgan fingerprint density at radius 3 is 2.41 bits per heavy atom. The fraction of sp³-hybridized carbons (Fsp3) is 0.250. The second-order valence-electron chi connectivity index (χ2n) is 7.77. The third kappa shape index (κ3) is 4.81. The number of aromatic nitrogens is 1. The molecule has 1 fully saturated rings. The summed E-state index contributed by atoms with van der Waals surface area (Å²) in [4.78, 5) is 21.4. The second-order valence-corrected chi connectivity index (χ2v) is 9.73. The number of piperazine rings is 1. The third-order valence-corrected chi connectivity index (χ3v) is 7.43. The van der Waals surface area contributed by atoms with Gasteiger partial charge in [0.1, 0.15) is 0 Å². The van der Waals surface area contributed by atoms with Crippen molar-refractivity contribution in [2.75, 3.05) is 37.5 Å². The van der Waals surface area contributed by atoms with E-state index in [1.807, 2.05) is 24.4 Å². The van der Waals surface area contributed by atoms with Crippen LogP contribution in [0.4, 0.5) is 5.69 Å². The van der Waals surface area contributed by atoms with E-state index in [2.05, 4.69) is 9.88 Å². The zero-order valence-electron chi connectivity index (χ0n) is 18.0. The van der Waals surface area contributed by atoms with Gasteiger partial charge < -0.3 is 4.90 Å². The maximum atomic E-state index is 13.1. The summed E-state index contributed by atoms with van der Waals surface area (Å²) in [5.74, 6) is -0.148. The van der Waals surface area contributed by atoms with Crippen molar-refractivity contribution in [2.24, 2.45) is 0 Å². The van der Waals surface area contributed by atoms with E-state index in [-0.39, 0.29) is 10.8 Å². The van der Waals surface area contributed by atoms with Crippen molar-refractivity contribution in [3.8, 4) is 0 Å². The molecule has 1 aromatic heterocycles. The summed E-state index contributed by atoms with van der Waals surface area (Å²) >= 11 is 0. The predicted octanol–water partition coefficient (Wildman–Crippen LogP) is 2.86. The first kappa shape index (κ1) is 22.0. The van der Waals surface area contributed by atoms with Crippen LogP contribution in [0.2, 0.25) is 0 Å². The fourth-order valence-electron chi connectivity index (χ4n) is 3.77. The molecular formula is C24H26N4O3S. The molecule has 0 aliphatic carbocycles. The summed E-state index contributed by atoms with van der Waals surface area (Å²) < 4.78 is 27.4. The van der Waals surface area contributed by atoms with Gasteiger partial charge in [0.15, 0.2) is 0 Å². The average Bonchev–Trinajstić information content (AvgIpc) is 2.85. The maximum absolute atomic E-state index is 13.1. The Balaban J connectivity index is 1.44. The topological polar surface area (TPSA) is 73.8 Å². The highest BCUT2D eigenvalue weighted by Crippen LogP contribution is 2.23. The minimum absolute atomic E-state index is 0.102. The van der Waals surface area contributed by atoms with E-state index in [9.17, 15) is 13.2 Å². The first-order chi connectivity index (χ1) is 15.4. The molecule has 0 spiro atoms. The van der Waals surface area contributed by atoms with Gasteiger partial charge in [-0.05, 0) is 42.0 Å². The molecule has 0 unspecified atom stereocenters. The molecule has 0 bridgehead atoms. The second kappa shape index (κ2) is 9.50. The van der Waals surface area contributed by atoms with Crippen LogP contribution in [0.1, 0.15) is 15.9 Å². The Hall–Kier alpha value is -3.23. The Kier molecular flexibility index (Phi) is 6.53. The molecule has 1 aliphatic heterocycles. The number of hydrogen-bond donors (Lipinski definition) is 0. The largest absolute Gasteiger partial charge is 0.336 e. The zero-order chi connectivity index (χ0) is 22.6. The van der Waals surface area contributed by atoms with E-state index in [1.54, 1.807) is 47.5 Å². The van der Waals surface area contributed by atoms with Crippen molar-refractivity contribution in [3.05, 3.63) is 90.3 Å². The molecule has 0 saturated carbocycles. The molecule has 1 aliphatic rings. The molecule has 7 nitrogen and oxygen atoms in total. The smallest absolute Gasteiger partial charge is 0.264 e. The van der Waals surface area contributed by atoms with Crippen molar-refractivity contribution in [2.45, 2.75) is 11.4 Å². The molecular weight excluding hydrogens is 424 g/mol. The molecule has 0 N–H and O–H groups in total. The summed E-state index contributed by atoms with van der Waals surface area (Å²) in [6.45, 7) is 3.51. The minimum atomic E-state index is -3.77. The number of nitrogens with zero attached hydrogens (tertiary/aromatic N) is 4. The highest BCUT2D eigenvalue weighted by molar-refractivity contribution is 7.92. The van der Waals surface area contributed by atoms with Crippen LogP contribution in [0.25, 0.3) is 0 Å². The Bertz CT molecular complexity index is 1160. The highest BCUT2D eigenvalue weighted by Gasteiger charge is 2.25. The average molecular weight is 451 g/mol. The lowest BCUT2D eigenvalue weighted by Crippen LogP contribution is -2.48. The summed E-state index contributed by atoms with van der Waals surface area (Å²) in [6.07, 6.45) is 3.61. The SMILES string of the molecule is CN(c1ccccc1)S(=O)(=O)c1cccc(C(=O)N2CCN(Cc3cccnc3)CC2)c1. The first-order valence-corrected chi connectivity index (χ1v) is 11.9. The molecule has 2 heterocycles. The molecule has 166 valence electrons. The van der Waals surface area contributed by atoms with Gasteiger partial charge in [0.25, 0.3) is 15.9 Å². The number of anilines is 1. The lowest BCUT2D eigenvalue weighted by Gasteiger charge is -2.34. The molecule has 32 heavy (non-hydrogen) atoms. The molecule has 1 amide bonds. The number of para-hydroxylation sites is 1. The molecule has 3 aromatic rings. The monoisotopic (exact) mass is 450 g/mol. The third-order valence-electron chi connectivity index (χ3n) is 5.65. The maximum Gasteiger partial charge on any atom is 0.264 e. The van der Waals surface area contributed by atoms with Gasteiger partial charge in [-0.2, -0.15) is 0 Å². The van der Waals surface area contributed by atoms with Gasteiger partial charge in [-0.15, -0.1) is 0 Å². The van der Waals surface area contributed by atoms with Gasteiger partial charge in [0.05, 0.1) is 10.6 Å². The van der Waals surface area contributed by atoms with Gasteiger partial charge in [-0.1, -0.05) is 30.3 Å². The van der Waals surface area contributed by atoms with Crippen molar-refractivity contribution in [3.63, 3.8) is 0 Å². The number of carbonyl (C=O) groups is 1. The van der Waals surface area contributed by atoms with Gasteiger partial charge in [0.2, 0.25) is 0 Å². The Labute approximate surface area is 189 Å². The number of sulfonamides is 1. The van der Waals surface area contributed by atoms with E-state index in [1.165, 1.54) is 23.5 Å². The van der Waals surface area contributed by atoms with Gasteiger partial charge >= 0.3 is 0 Å². The van der Waals surface area contributed by atoms with Gasteiger partial charge in [-0.3, -0.25) is 19.0 Å². The van der Waals surface area contributed by atoms with Crippen molar-refractivity contribution >= 4 is 21.6 Å². The van der Waals surface area contributed by atoms with E-state index >= 15 is 0 Å². The molecule has 2 aromatic carbocycles. The normalized spacial score (nSPS) is 14.8. The number of carbonyl (C=O) groups excluding carboxylic acids is 1. The van der Waals surface area contributed by atoms with Gasteiger partial charge in [-0.25, -0.2) is 8.42 Å². The Morgan fingerprint density at radius 1 is 0.969 bits per heavy atom. The zero-order valence-corrected chi connectivity index (χ0v) is 18.8. The Morgan fingerprint density at radius 2 is 1.72 bits per heavy atom. The number of amides is 1. The van der Waals surface area contributed by atoms with Crippen LogP contribution in [-0.2, 0) is 16.6 Å². The molecule has 0 radical (unpaired) electrons. The van der Waals surface area contributed by atoms with Crippen molar-refractivity contribution < 1.29 is 13.2 Å². The quantitative estimate of drug-likeness (QED) is 0.577. The molecule has 0 atom stereocenters. The van der Waals surface area contributed by atoms with E-state index in [0.29, 0.717) is 24.3 Å². The number of hydrogen-bond acceptors (Lipinski definition) is 5. The number of rotatable bonds is 6. The van der Waals surface area contributed by atoms with E-state index < -0.39 is 10.0 Å². The highest BCUT2D eigenvalue weighted by atomic mass is 32.2. The lowest BCUT2D eigenvalue weighted by atomic mass is 10.1. The first-order valence-electron chi connectivity index (χ1n) is 10.5. The van der Waals surface area contributed by atoms with E-state index in [0.717, 1.165) is 25.2 Å². The summed E-state index contributed by atoms with van der Waals surface area (Å²) in [7, 11) is -2.26. The van der Waals surface area contributed by atoms with Crippen molar-refractivity contribution in [1.29, 1.82) is 0 Å². The van der Waals surface area contributed by atoms with Crippen LogP contribution in [-0.4, -0.2) is 62.3 Å². The molecule has 1 saturated heterocycles. The van der Waals surface area contributed by atoms with Crippen LogP contribution >= 0.6 is 0 Å². The standard InChI is InChI=1S/C24H26N4O3S/c1-26(22-9-3-2-4-10-22)32(30,31)23-11-5-8-21(17-23)24(29)28-15-13-27(14-16-28)19-20-7-6-12-25-18-20/h2-12,17-18H,13-16,19H2,1H3. The lowest BCUT2D eigenvalue weighted by molar-refractivity contribution is 0.0628. The molecule has 4 rings (SSSR count). The molecule has 8 heteroatoms. The summed E-state index contributed by atoms with van der Waals surface area (Å²) in [5.41, 5.74) is 2.09. The van der Waals surface area contributed by atoms with Crippen LogP contribution in [0, 0.1) is 0 Å². The van der Waals surface area contributed by atoms with Crippen molar-refractivity contribution in [1.82, 2.24) is 14.8 Å². The minimum Gasteiger partial charge on any atom is -0.336 e. The van der Waals surface area contributed by atoms with Crippen LogP contribution in [0.15, 0.2) is 84.0 Å². The van der Waals surface area contributed by atoms with Crippen LogP contribution in [0.5, 0.6) is 0 Å². The number of pyridine rings is 1. The number of benzene rings is 2. The van der Waals surface area contributed by atoms with Gasteiger partial charge in [0, 0.05) is 57.7 Å². The summed E-state index contributed by atoms with van der Waals surface area (Å²) in [5, 5.41) is 0. The van der Waals surface area contributed by atoms with E-state index in [4.69, 9.17) is 0 Å². The van der Waals surface area contributed by atoms with Crippen LogP contribution < -0.4 is 4.31 Å². The summed E-state index contributed by atoms with van der Waals surface area (Å²) in [6, 6.07) is 19.1. The predicted molar refractivity (Wildman–Crippen MR) is 124 cm³/mol. The van der Waals surface area contributed by atoms with Crippen LogP contribution in [0.3, 0.4) is 0 Å². The fourth-order valence-corrected chi connectivity index (χ4v) is 5.01.